The lowest BCUT2D eigenvalue weighted by Crippen LogP contribution is -2.26. The second kappa shape index (κ2) is 5.78. The van der Waals surface area contributed by atoms with Crippen molar-refractivity contribution in [1.29, 1.82) is 0 Å². The first-order valence-corrected chi connectivity index (χ1v) is 6.81. The molecular formula is C13H12F3NO2S. The van der Waals surface area contributed by atoms with Gasteiger partial charge >= 0.3 is 6.18 Å². The number of allylic oxidation sites excluding steroid dienone is 1. The van der Waals surface area contributed by atoms with Gasteiger partial charge in [-0.25, -0.2) is 0 Å². The molecule has 0 aromatic heterocycles. The second-order valence-corrected chi connectivity index (χ2v) is 5.28. The van der Waals surface area contributed by atoms with Gasteiger partial charge in [-0.15, -0.1) is 11.8 Å². The van der Waals surface area contributed by atoms with Crippen LogP contribution in [0.2, 0.25) is 0 Å². The third-order valence-electron chi connectivity index (χ3n) is 2.52. The summed E-state index contributed by atoms with van der Waals surface area (Å²) in [6.45, 7) is 1.77. The molecule has 108 valence electrons. The fraction of sp³-hybridized carbons (Fsp3) is 0.308. The Morgan fingerprint density at radius 2 is 2.15 bits per heavy atom. The van der Waals surface area contributed by atoms with Gasteiger partial charge in [-0.05, 0) is 24.6 Å². The first kappa shape index (κ1) is 14.8. The molecule has 0 radical (unpaired) electrons. The molecule has 0 saturated heterocycles. The lowest BCUT2D eigenvalue weighted by molar-refractivity contribution is -0.133. The summed E-state index contributed by atoms with van der Waals surface area (Å²) in [6, 6.07) is 6.84. The van der Waals surface area contributed by atoms with Crippen LogP contribution in [0.15, 0.2) is 34.9 Å². The molecule has 0 atom stereocenters. The SMILES string of the molecule is Cc1cccc(NC(=O)C2=C(C(F)(F)F)OCCS2)c1. The van der Waals surface area contributed by atoms with Crippen molar-refractivity contribution in [1.82, 2.24) is 0 Å². The average Bonchev–Trinajstić information content (AvgIpc) is 2.37. The Bertz CT molecular complexity index is 555. The molecule has 1 N–H and O–H groups in total. The molecule has 0 aliphatic carbocycles. The van der Waals surface area contributed by atoms with Crippen molar-refractivity contribution in [3.8, 4) is 0 Å². The molecule has 0 unspecified atom stereocenters. The standard InChI is InChI=1S/C13H12F3NO2S/c1-8-3-2-4-9(7-8)17-12(18)10-11(13(14,15)16)19-5-6-20-10/h2-4,7H,5-6H2,1H3,(H,17,18). The smallest absolute Gasteiger partial charge is 0.450 e. The van der Waals surface area contributed by atoms with Crippen molar-refractivity contribution in [3.63, 3.8) is 0 Å². The summed E-state index contributed by atoms with van der Waals surface area (Å²) >= 11 is 0.852. The number of amides is 1. The zero-order chi connectivity index (χ0) is 14.8. The zero-order valence-corrected chi connectivity index (χ0v) is 11.4. The number of carbonyl (C=O) groups excluding carboxylic acids is 1. The van der Waals surface area contributed by atoms with E-state index in [1.54, 1.807) is 18.2 Å². The van der Waals surface area contributed by atoms with Gasteiger partial charge in [-0.3, -0.25) is 4.79 Å². The first-order valence-electron chi connectivity index (χ1n) is 5.83. The molecule has 1 aromatic carbocycles. The Labute approximate surface area is 118 Å². The predicted octanol–water partition coefficient (Wildman–Crippen LogP) is 3.47. The highest BCUT2D eigenvalue weighted by atomic mass is 32.2. The summed E-state index contributed by atoms with van der Waals surface area (Å²) in [5, 5.41) is 2.46. The predicted molar refractivity (Wildman–Crippen MR) is 71.3 cm³/mol. The lowest BCUT2D eigenvalue weighted by Gasteiger charge is -2.21. The maximum atomic E-state index is 12.8. The van der Waals surface area contributed by atoms with Crippen LogP contribution in [-0.4, -0.2) is 24.4 Å². The fourth-order valence-corrected chi connectivity index (χ4v) is 2.57. The minimum atomic E-state index is -4.66. The Kier molecular flexibility index (Phi) is 4.27. The molecule has 0 bridgehead atoms. The van der Waals surface area contributed by atoms with Crippen LogP contribution in [0.3, 0.4) is 0 Å². The summed E-state index contributed by atoms with van der Waals surface area (Å²) in [6.07, 6.45) is -4.66. The van der Waals surface area contributed by atoms with Gasteiger partial charge in [0.05, 0.1) is 6.61 Å². The van der Waals surface area contributed by atoms with E-state index in [0.29, 0.717) is 11.4 Å². The van der Waals surface area contributed by atoms with E-state index in [2.05, 4.69) is 10.1 Å². The van der Waals surface area contributed by atoms with Crippen LogP contribution in [0.25, 0.3) is 0 Å². The number of thioether (sulfide) groups is 1. The number of halogens is 3. The number of hydrogen-bond donors (Lipinski definition) is 1. The van der Waals surface area contributed by atoms with Gasteiger partial charge in [-0.2, -0.15) is 13.2 Å². The topological polar surface area (TPSA) is 38.3 Å². The van der Waals surface area contributed by atoms with Gasteiger partial charge in [0.15, 0.2) is 0 Å². The number of benzene rings is 1. The molecule has 0 spiro atoms. The van der Waals surface area contributed by atoms with Crippen molar-refractivity contribution in [2.75, 3.05) is 17.7 Å². The number of aryl methyl sites for hydroxylation is 1. The van der Waals surface area contributed by atoms with Gasteiger partial charge in [0.25, 0.3) is 5.91 Å². The van der Waals surface area contributed by atoms with Crippen LogP contribution in [0.1, 0.15) is 5.56 Å². The molecule has 1 aliphatic heterocycles. The van der Waals surface area contributed by atoms with E-state index >= 15 is 0 Å². The lowest BCUT2D eigenvalue weighted by atomic mass is 10.2. The molecule has 20 heavy (non-hydrogen) atoms. The number of carbonyl (C=O) groups is 1. The van der Waals surface area contributed by atoms with E-state index in [9.17, 15) is 18.0 Å². The summed E-state index contributed by atoms with van der Waals surface area (Å²) in [5.41, 5.74) is 1.36. The molecule has 0 saturated carbocycles. The quantitative estimate of drug-likeness (QED) is 0.909. The van der Waals surface area contributed by atoms with E-state index in [1.807, 2.05) is 13.0 Å². The van der Waals surface area contributed by atoms with Crippen LogP contribution >= 0.6 is 11.8 Å². The molecular weight excluding hydrogens is 291 g/mol. The summed E-state index contributed by atoms with van der Waals surface area (Å²) in [7, 11) is 0. The van der Waals surface area contributed by atoms with E-state index in [1.165, 1.54) is 0 Å². The number of anilines is 1. The number of nitrogens with one attached hydrogen (secondary N) is 1. The Morgan fingerprint density at radius 3 is 2.80 bits per heavy atom. The van der Waals surface area contributed by atoms with E-state index in [0.717, 1.165) is 17.3 Å². The maximum Gasteiger partial charge on any atom is 0.450 e. The van der Waals surface area contributed by atoms with Crippen LogP contribution < -0.4 is 5.32 Å². The van der Waals surface area contributed by atoms with Crippen molar-refractivity contribution in [2.24, 2.45) is 0 Å². The Morgan fingerprint density at radius 1 is 1.40 bits per heavy atom. The number of hydrogen-bond acceptors (Lipinski definition) is 3. The minimum Gasteiger partial charge on any atom is -0.487 e. The van der Waals surface area contributed by atoms with Crippen LogP contribution in [-0.2, 0) is 9.53 Å². The highest BCUT2D eigenvalue weighted by Crippen LogP contribution is 2.37. The van der Waals surface area contributed by atoms with Crippen LogP contribution in [0.5, 0.6) is 0 Å². The molecule has 3 nitrogen and oxygen atoms in total. The van der Waals surface area contributed by atoms with Gasteiger partial charge in [0, 0.05) is 11.4 Å². The molecule has 1 aromatic rings. The van der Waals surface area contributed by atoms with Crippen LogP contribution in [0, 0.1) is 6.92 Å². The highest BCUT2D eigenvalue weighted by molar-refractivity contribution is 8.04. The highest BCUT2D eigenvalue weighted by Gasteiger charge is 2.42. The fourth-order valence-electron chi connectivity index (χ4n) is 1.71. The second-order valence-electron chi connectivity index (χ2n) is 4.18. The monoisotopic (exact) mass is 303 g/mol. The Hall–Kier alpha value is -1.63. The average molecular weight is 303 g/mol. The minimum absolute atomic E-state index is 0.0548. The summed E-state index contributed by atoms with van der Waals surface area (Å²) in [5.74, 6) is -1.69. The number of ether oxygens (including phenoxy) is 1. The van der Waals surface area contributed by atoms with Crippen molar-refractivity contribution in [3.05, 3.63) is 40.5 Å². The molecule has 7 heteroatoms. The van der Waals surface area contributed by atoms with Gasteiger partial charge in [-0.1, -0.05) is 12.1 Å². The number of rotatable bonds is 2. The molecule has 2 rings (SSSR count). The van der Waals surface area contributed by atoms with Crippen LogP contribution in [0.4, 0.5) is 18.9 Å². The third-order valence-corrected chi connectivity index (χ3v) is 3.55. The van der Waals surface area contributed by atoms with E-state index < -0.39 is 22.7 Å². The van der Waals surface area contributed by atoms with Gasteiger partial charge in [0.2, 0.25) is 5.76 Å². The van der Waals surface area contributed by atoms with Crippen molar-refractivity contribution < 1.29 is 22.7 Å². The van der Waals surface area contributed by atoms with E-state index in [-0.39, 0.29) is 6.61 Å². The normalized spacial score (nSPS) is 15.8. The zero-order valence-electron chi connectivity index (χ0n) is 10.6. The molecule has 1 aliphatic rings. The van der Waals surface area contributed by atoms with Crippen molar-refractivity contribution >= 4 is 23.4 Å². The first-order chi connectivity index (χ1) is 9.38. The van der Waals surface area contributed by atoms with Gasteiger partial charge < -0.3 is 10.1 Å². The molecule has 1 amide bonds. The maximum absolute atomic E-state index is 12.8. The number of alkyl halides is 3. The van der Waals surface area contributed by atoms with E-state index in [4.69, 9.17) is 0 Å². The van der Waals surface area contributed by atoms with Gasteiger partial charge in [0.1, 0.15) is 4.91 Å². The van der Waals surface area contributed by atoms with Crippen molar-refractivity contribution in [2.45, 2.75) is 13.1 Å². The summed E-state index contributed by atoms with van der Waals surface area (Å²) in [4.78, 5) is 11.5. The Balaban J connectivity index is 2.24. The summed E-state index contributed by atoms with van der Waals surface area (Å²) < 4.78 is 42.9. The molecule has 0 fully saturated rings. The third kappa shape index (κ3) is 3.47. The molecule has 1 heterocycles. The largest absolute Gasteiger partial charge is 0.487 e.